The van der Waals surface area contributed by atoms with E-state index in [1.54, 1.807) is 24.3 Å². The summed E-state index contributed by atoms with van der Waals surface area (Å²) in [7, 11) is 0. The molecule has 9 heteroatoms. The molecule has 1 N–H and O–H groups in total. The molecular weight excluding hydrogens is 387 g/mol. The highest BCUT2D eigenvalue weighted by Crippen LogP contribution is 2.22. The molecule has 0 unspecified atom stereocenters. The Morgan fingerprint density at radius 2 is 1.71 bits per heavy atom. The second-order valence-electron chi connectivity index (χ2n) is 5.78. The molecular formula is C19H12ClFN4O3. The summed E-state index contributed by atoms with van der Waals surface area (Å²) < 4.78 is 23.3. The summed E-state index contributed by atoms with van der Waals surface area (Å²) in [6.07, 6.45) is 0. The molecule has 0 saturated heterocycles. The van der Waals surface area contributed by atoms with Crippen LogP contribution in [-0.4, -0.2) is 21.2 Å². The fourth-order valence-electron chi connectivity index (χ4n) is 2.42. The van der Waals surface area contributed by atoms with E-state index in [4.69, 9.17) is 20.6 Å². The van der Waals surface area contributed by atoms with Gasteiger partial charge >= 0.3 is 0 Å². The van der Waals surface area contributed by atoms with Crippen molar-refractivity contribution in [2.45, 2.75) is 6.54 Å². The summed E-state index contributed by atoms with van der Waals surface area (Å²) in [5.41, 5.74) is 1.46. The highest BCUT2D eigenvalue weighted by atomic mass is 35.5. The maximum absolute atomic E-state index is 13.0. The van der Waals surface area contributed by atoms with Crippen molar-refractivity contribution in [2.75, 3.05) is 0 Å². The highest BCUT2D eigenvalue weighted by Gasteiger charge is 2.15. The molecule has 4 aromatic rings. The standard InChI is InChI=1S/C19H12ClFN4O3/c20-13-5-1-11(2-6-13)16-9-15(24-27-16)19(26)22-10-17-23-18(25-28-17)12-3-7-14(21)8-4-12/h1-9H,10H2,(H,22,26). The molecule has 0 aliphatic carbocycles. The Morgan fingerprint density at radius 3 is 2.46 bits per heavy atom. The van der Waals surface area contributed by atoms with Gasteiger partial charge in [-0.3, -0.25) is 4.79 Å². The van der Waals surface area contributed by atoms with Crippen LogP contribution in [0.1, 0.15) is 16.4 Å². The minimum atomic E-state index is -0.453. The summed E-state index contributed by atoms with van der Waals surface area (Å²) in [6.45, 7) is 0.0101. The molecule has 0 radical (unpaired) electrons. The van der Waals surface area contributed by atoms with Crippen LogP contribution in [-0.2, 0) is 6.54 Å². The van der Waals surface area contributed by atoms with Crippen molar-refractivity contribution in [3.63, 3.8) is 0 Å². The third-order valence-corrected chi connectivity index (χ3v) is 4.09. The Kier molecular flexibility index (Phi) is 4.86. The third-order valence-electron chi connectivity index (χ3n) is 3.84. The van der Waals surface area contributed by atoms with Gasteiger partial charge in [-0.15, -0.1) is 0 Å². The molecule has 7 nitrogen and oxygen atoms in total. The van der Waals surface area contributed by atoms with E-state index in [2.05, 4.69) is 20.6 Å². The molecule has 0 spiro atoms. The van der Waals surface area contributed by atoms with E-state index in [0.717, 1.165) is 5.56 Å². The minimum Gasteiger partial charge on any atom is -0.355 e. The van der Waals surface area contributed by atoms with E-state index in [1.165, 1.54) is 30.3 Å². The first kappa shape index (κ1) is 17.9. The summed E-state index contributed by atoms with van der Waals surface area (Å²) in [5.74, 6) is 0.138. The van der Waals surface area contributed by atoms with Crippen LogP contribution in [0.4, 0.5) is 4.39 Å². The lowest BCUT2D eigenvalue weighted by molar-refractivity contribution is 0.0937. The Labute approximate surface area is 163 Å². The first-order valence-electron chi connectivity index (χ1n) is 8.18. The van der Waals surface area contributed by atoms with E-state index in [0.29, 0.717) is 22.2 Å². The number of rotatable bonds is 5. The number of benzene rings is 2. The summed E-state index contributed by atoms with van der Waals surface area (Å²) in [5, 5.41) is 10.8. The van der Waals surface area contributed by atoms with Crippen LogP contribution in [0.2, 0.25) is 5.02 Å². The predicted octanol–water partition coefficient (Wildman–Crippen LogP) is 4.11. The number of nitrogens with zero attached hydrogens (tertiary/aromatic N) is 3. The van der Waals surface area contributed by atoms with Gasteiger partial charge in [0.05, 0.1) is 6.54 Å². The molecule has 0 aliphatic rings. The topological polar surface area (TPSA) is 94.1 Å². The number of nitrogens with one attached hydrogen (secondary N) is 1. The zero-order valence-corrected chi connectivity index (χ0v) is 15.0. The second kappa shape index (κ2) is 7.61. The lowest BCUT2D eigenvalue weighted by Crippen LogP contribution is -2.23. The number of carbonyl (C=O) groups excluding carboxylic acids is 1. The van der Waals surface area contributed by atoms with Crippen LogP contribution < -0.4 is 5.32 Å². The van der Waals surface area contributed by atoms with Crippen LogP contribution in [0, 0.1) is 5.82 Å². The van der Waals surface area contributed by atoms with Gasteiger partial charge in [0, 0.05) is 22.2 Å². The van der Waals surface area contributed by atoms with E-state index in [9.17, 15) is 9.18 Å². The van der Waals surface area contributed by atoms with Crippen LogP contribution in [0.15, 0.2) is 63.6 Å². The molecule has 140 valence electrons. The Bertz CT molecular complexity index is 1110. The first-order valence-corrected chi connectivity index (χ1v) is 8.56. The maximum atomic E-state index is 13.0. The monoisotopic (exact) mass is 398 g/mol. The molecule has 0 atom stereocenters. The summed E-state index contributed by atoms with van der Waals surface area (Å²) >= 11 is 5.86. The van der Waals surface area contributed by atoms with Crippen molar-refractivity contribution < 1.29 is 18.2 Å². The normalized spacial score (nSPS) is 10.8. The molecule has 0 fully saturated rings. The summed E-state index contributed by atoms with van der Waals surface area (Å²) in [6, 6.07) is 14.2. The van der Waals surface area contributed by atoms with Crippen molar-refractivity contribution in [2.24, 2.45) is 0 Å². The minimum absolute atomic E-state index is 0.0101. The van der Waals surface area contributed by atoms with Gasteiger partial charge < -0.3 is 14.4 Å². The van der Waals surface area contributed by atoms with Crippen molar-refractivity contribution in [1.29, 1.82) is 0 Å². The van der Waals surface area contributed by atoms with Gasteiger partial charge in [0.15, 0.2) is 11.5 Å². The number of aromatic nitrogens is 3. The first-order chi connectivity index (χ1) is 13.6. The van der Waals surface area contributed by atoms with Crippen molar-refractivity contribution >= 4 is 17.5 Å². The lowest BCUT2D eigenvalue weighted by Gasteiger charge is -1.97. The fraction of sp³-hybridized carbons (Fsp3) is 0.0526. The second-order valence-corrected chi connectivity index (χ2v) is 6.22. The van der Waals surface area contributed by atoms with Gasteiger partial charge in [-0.1, -0.05) is 21.9 Å². The van der Waals surface area contributed by atoms with Crippen LogP contribution in [0.3, 0.4) is 0 Å². The van der Waals surface area contributed by atoms with Gasteiger partial charge in [-0.25, -0.2) is 4.39 Å². The average Bonchev–Trinajstić information content (AvgIpc) is 3.37. The maximum Gasteiger partial charge on any atom is 0.273 e. The molecule has 0 saturated carbocycles. The van der Waals surface area contributed by atoms with Gasteiger partial charge in [0.25, 0.3) is 5.91 Å². The molecule has 1 amide bonds. The Hall–Kier alpha value is -3.52. The third kappa shape index (κ3) is 3.91. The van der Waals surface area contributed by atoms with Crippen LogP contribution in [0.25, 0.3) is 22.7 Å². The predicted molar refractivity (Wildman–Crippen MR) is 97.8 cm³/mol. The highest BCUT2D eigenvalue weighted by molar-refractivity contribution is 6.30. The van der Waals surface area contributed by atoms with Gasteiger partial charge in [-0.05, 0) is 48.5 Å². The largest absolute Gasteiger partial charge is 0.355 e. The number of carbonyl (C=O) groups is 1. The zero-order chi connectivity index (χ0) is 19.5. The Morgan fingerprint density at radius 1 is 1.00 bits per heavy atom. The molecule has 28 heavy (non-hydrogen) atoms. The number of hydrogen-bond donors (Lipinski definition) is 1. The number of halogens is 2. The Balaban J connectivity index is 1.40. The van der Waals surface area contributed by atoms with Gasteiger partial charge in [0.2, 0.25) is 11.7 Å². The fourth-order valence-corrected chi connectivity index (χ4v) is 2.55. The average molecular weight is 399 g/mol. The molecule has 0 aliphatic heterocycles. The van der Waals surface area contributed by atoms with Gasteiger partial charge in [-0.2, -0.15) is 4.98 Å². The molecule has 2 aromatic heterocycles. The number of hydrogen-bond acceptors (Lipinski definition) is 6. The molecule has 4 rings (SSSR count). The lowest BCUT2D eigenvalue weighted by atomic mass is 10.1. The number of amides is 1. The van der Waals surface area contributed by atoms with Crippen LogP contribution >= 0.6 is 11.6 Å². The van der Waals surface area contributed by atoms with E-state index >= 15 is 0 Å². The SMILES string of the molecule is O=C(NCc1nc(-c2ccc(F)cc2)no1)c1cc(-c2ccc(Cl)cc2)on1. The molecule has 2 aromatic carbocycles. The van der Waals surface area contributed by atoms with E-state index in [1.807, 2.05) is 0 Å². The van der Waals surface area contributed by atoms with Crippen molar-refractivity contribution in [1.82, 2.24) is 20.6 Å². The van der Waals surface area contributed by atoms with Crippen LogP contribution in [0.5, 0.6) is 0 Å². The zero-order valence-electron chi connectivity index (χ0n) is 14.2. The van der Waals surface area contributed by atoms with E-state index < -0.39 is 5.91 Å². The molecule has 0 bridgehead atoms. The summed E-state index contributed by atoms with van der Waals surface area (Å²) in [4.78, 5) is 16.4. The quantitative estimate of drug-likeness (QED) is 0.543. The van der Waals surface area contributed by atoms with Crippen molar-refractivity contribution in [3.05, 3.63) is 77.0 Å². The smallest absolute Gasteiger partial charge is 0.273 e. The van der Waals surface area contributed by atoms with E-state index in [-0.39, 0.29) is 23.9 Å². The molecule has 2 heterocycles. The van der Waals surface area contributed by atoms with Gasteiger partial charge in [0.1, 0.15) is 5.82 Å². The van der Waals surface area contributed by atoms with Crippen molar-refractivity contribution in [3.8, 4) is 22.7 Å².